The number of nitrogens with two attached hydrogens (primary N) is 1. The van der Waals surface area contributed by atoms with Crippen molar-refractivity contribution in [3.8, 4) is 0 Å². The molecule has 0 aliphatic heterocycles. The van der Waals surface area contributed by atoms with Crippen LogP contribution in [-0.2, 0) is 6.54 Å². The number of nitro benzene ring substituents is 1. The molecule has 1 amide bonds. The SMILES string of the molecule is NCCn1cc(C(=O)Nc2cccc([N+](=O)[O-])c2)nn1. The summed E-state index contributed by atoms with van der Waals surface area (Å²) in [5, 5.41) is 20.6. The number of carbonyl (C=O) groups excluding carboxylic acids is 1. The van der Waals surface area contributed by atoms with Gasteiger partial charge in [-0.2, -0.15) is 0 Å². The molecule has 0 aliphatic rings. The van der Waals surface area contributed by atoms with Crippen molar-refractivity contribution in [3.63, 3.8) is 0 Å². The van der Waals surface area contributed by atoms with Crippen molar-refractivity contribution in [1.82, 2.24) is 15.0 Å². The second-order valence-corrected chi connectivity index (χ2v) is 3.92. The van der Waals surface area contributed by atoms with Crippen molar-refractivity contribution in [1.29, 1.82) is 0 Å². The minimum Gasteiger partial charge on any atom is -0.329 e. The number of benzene rings is 1. The largest absolute Gasteiger partial charge is 0.329 e. The highest BCUT2D eigenvalue weighted by atomic mass is 16.6. The number of non-ortho nitro benzene ring substituents is 1. The first kappa shape index (κ1) is 13.6. The Morgan fingerprint density at radius 3 is 3.00 bits per heavy atom. The van der Waals surface area contributed by atoms with Crippen LogP contribution in [0.5, 0.6) is 0 Å². The molecule has 9 heteroatoms. The van der Waals surface area contributed by atoms with Crippen LogP contribution in [0.15, 0.2) is 30.5 Å². The monoisotopic (exact) mass is 276 g/mol. The number of nitrogens with zero attached hydrogens (tertiary/aromatic N) is 4. The molecule has 0 atom stereocenters. The van der Waals surface area contributed by atoms with Gasteiger partial charge in [0.2, 0.25) is 0 Å². The van der Waals surface area contributed by atoms with Gasteiger partial charge in [-0.15, -0.1) is 5.10 Å². The number of hydrogen-bond acceptors (Lipinski definition) is 6. The third-order valence-corrected chi connectivity index (χ3v) is 2.44. The molecule has 0 aliphatic carbocycles. The summed E-state index contributed by atoms with van der Waals surface area (Å²) in [4.78, 5) is 22.0. The van der Waals surface area contributed by atoms with Gasteiger partial charge in [0.05, 0.1) is 17.7 Å². The van der Waals surface area contributed by atoms with Gasteiger partial charge in [0.15, 0.2) is 5.69 Å². The lowest BCUT2D eigenvalue weighted by Crippen LogP contribution is -2.13. The molecule has 1 heterocycles. The van der Waals surface area contributed by atoms with Gasteiger partial charge < -0.3 is 11.1 Å². The summed E-state index contributed by atoms with van der Waals surface area (Å²) < 4.78 is 1.45. The van der Waals surface area contributed by atoms with Crippen LogP contribution in [0.4, 0.5) is 11.4 Å². The Morgan fingerprint density at radius 2 is 2.30 bits per heavy atom. The van der Waals surface area contributed by atoms with E-state index >= 15 is 0 Å². The highest BCUT2D eigenvalue weighted by molar-refractivity contribution is 6.02. The number of anilines is 1. The highest BCUT2D eigenvalue weighted by Crippen LogP contribution is 2.17. The Hall–Kier alpha value is -2.81. The van der Waals surface area contributed by atoms with Gasteiger partial charge in [-0.3, -0.25) is 19.6 Å². The maximum absolute atomic E-state index is 11.9. The van der Waals surface area contributed by atoms with E-state index in [4.69, 9.17) is 5.73 Å². The molecule has 20 heavy (non-hydrogen) atoms. The van der Waals surface area contributed by atoms with Gasteiger partial charge >= 0.3 is 0 Å². The number of nitrogens with one attached hydrogen (secondary N) is 1. The fourth-order valence-corrected chi connectivity index (χ4v) is 1.54. The van der Waals surface area contributed by atoms with Crippen molar-refractivity contribution >= 4 is 17.3 Å². The highest BCUT2D eigenvalue weighted by Gasteiger charge is 2.12. The molecule has 0 saturated heterocycles. The minimum absolute atomic E-state index is 0.102. The smallest absolute Gasteiger partial charge is 0.277 e. The number of hydrogen-bond donors (Lipinski definition) is 2. The molecule has 0 fully saturated rings. The molecule has 2 aromatic rings. The molecule has 0 radical (unpaired) electrons. The second-order valence-electron chi connectivity index (χ2n) is 3.92. The van der Waals surface area contributed by atoms with Crippen LogP contribution in [0.2, 0.25) is 0 Å². The van der Waals surface area contributed by atoms with Crippen LogP contribution in [0.1, 0.15) is 10.5 Å². The van der Waals surface area contributed by atoms with E-state index < -0.39 is 10.8 Å². The van der Waals surface area contributed by atoms with Gasteiger partial charge in [-0.1, -0.05) is 11.3 Å². The fourth-order valence-electron chi connectivity index (χ4n) is 1.54. The van der Waals surface area contributed by atoms with Crippen LogP contribution >= 0.6 is 0 Å². The maximum Gasteiger partial charge on any atom is 0.277 e. The summed E-state index contributed by atoms with van der Waals surface area (Å²) in [6.45, 7) is 0.840. The summed E-state index contributed by atoms with van der Waals surface area (Å²) >= 11 is 0. The van der Waals surface area contributed by atoms with Gasteiger partial charge in [0, 0.05) is 24.4 Å². The van der Waals surface area contributed by atoms with E-state index in [1.165, 1.54) is 29.1 Å². The third-order valence-electron chi connectivity index (χ3n) is 2.44. The molecule has 0 unspecified atom stereocenters. The van der Waals surface area contributed by atoms with Crippen LogP contribution in [0.25, 0.3) is 0 Å². The van der Waals surface area contributed by atoms with Crippen LogP contribution in [-0.4, -0.2) is 32.4 Å². The van der Waals surface area contributed by atoms with Crippen LogP contribution in [0, 0.1) is 10.1 Å². The molecule has 104 valence electrons. The lowest BCUT2D eigenvalue weighted by molar-refractivity contribution is -0.384. The van der Waals surface area contributed by atoms with E-state index in [1.54, 1.807) is 6.07 Å². The Bertz CT molecular complexity index is 639. The van der Waals surface area contributed by atoms with Crippen molar-refractivity contribution < 1.29 is 9.72 Å². The number of carbonyl (C=O) groups is 1. The zero-order valence-corrected chi connectivity index (χ0v) is 10.4. The number of aromatic nitrogens is 3. The molecular formula is C11H12N6O3. The normalized spacial score (nSPS) is 10.2. The lowest BCUT2D eigenvalue weighted by Gasteiger charge is -2.02. The first-order valence-electron chi connectivity index (χ1n) is 5.76. The predicted molar refractivity (Wildman–Crippen MR) is 70.1 cm³/mol. The lowest BCUT2D eigenvalue weighted by atomic mass is 10.2. The first-order valence-corrected chi connectivity index (χ1v) is 5.76. The Labute approximate surface area is 113 Å². The Kier molecular flexibility index (Phi) is 4.01. The van der Waals surface area contributed by atoms with E-state index in [-0.39, 0.29) is 11.4 Å². The molecule has 0 spiro atoms. The summed E-state index contributed by atoms with van der Waals surface area (Å²) in [6, 6.07) is 5.64. The van der Waals surface area contributed by atoms with Gasteiger partial charge in [0.25, 0.3) is 11.6 Å². The molecule has 0 saturated carbocycles. The topological polar surface area (TPSA) is 129 Å². The molecule has 2 rings (SSSR count). The van der Waals surface area contributed by atoms with E-state index in [2.05, 4.69) is 15.6 Å². The van der Waals surface area contributed by atoms with Crippen molar-refractivity contribution in [2.45, 2.75) is 6.54 Å². The van der Waals surface area contributed by atoms with Crippen molar-refractivity contribution in [2.75, 3.05) is 11.9 Å². The quantitative estimate of drug-likeness (QED) is 0.600. The number of amides is 1. The zero-order chi connectivity index (χ0) is 14.5. The molecule has 9 nitrogen and oxygen atoms in total. The average molecular weight is 276 g/mol. The second kappa shape index (κ2) is 5.89. The third kappa shape index (κ3) is 3.14. The van der Waals surface area contributed by atoms with E-state index in [9.17, 15) is 14.9 Å². The summed E-state index contributed by atoms with van der Waals surface area (Å²) in [5.74, 6) is -0.492. The Morgan fingerprint density at radius 1 is 1.50 bits per heavy atom. The van der Waals surface area contributed by atoms with Crippen LogP contribution in [0.3, 0.4) is 0 Å². The Balaban J connectivity index is 2.10. The first-order chi connectivity index (χ1) is 9.60. The molecule has 1 aromatic carbocycles. The molecule has 0 bridgehead atoms. The van der Waals surface area contributed by atoms with E-state index in [0.29, 0.717) is 18.8 Å². The minimum atomic E-state index is -0.535. The number of nitro groups is 1. The predicted octanol–water partition coefficient (Wildman–Crippen LogP) is 0.397. The number of rotatable bonds is 5. The molecule has 3 N–H and O–H groups in total. The van der Waals surface area contributed by atoms with E-state index in [0.717, 1.165) is 0 Å². The molecular weight excluding hydrogens is 264 g/mol. The molecule has 1 aromatic heterocycles. The zero-order valence-electron chi connectivity index (χ0n) is 10.4. The maximum atomic E-state index is 11.9. The van der Waals surface area contributed by atoms with Crippen LogP contribution < -0.4 is 11.1 Å². The average Bonchev–Trinajstić information content (AvgIpc) is 2.88. The standard InChI is InChI=1S/C11H12N6O3/c12-4-5-16-7-10(14-15-16)11(18)13-8-2-1-3-9(6-8)17(19)20/h1-3,6-7H,4-5,12H2,(H,13,18). The summed E-state index contributed by atoms with van der Waals surface area (Å²) in [5.41, 5.74) is 5.69. The van der Waals surface area contributed by atoms with Crippen molar-refractivity contribution in [3.05, 3.63) is 46.3 Å². The van der Waals surface area contributed by atoms with E-state index in [1.807, 2.05) is 0 Å². The van der Waals surface area contributed by atoms with Crippen molar-refractivity contribution in [2.24, 2.45) is 5.73 Å². The van der Waals surface area contributed by atoms with Gasteiger partial charge in [-0.25, -0.2) is 0 Å². The van der Waals surface area contributed by atoms with Gasteiger partial charge in [0.1, 0.15) is 0 Å². The van der Waals surface area contributed by atoms with Gasteiger partial charge in [-0.05, 0) is 6.07 Å². The summed E-state index contributed by atoms with van der Waals surface area (Å²) in [6.07, 6.45) is 1.46. The summed E-state index contributed by atoms with van der Waals surface area (Å²) in [7, 11) is 0. The fraction of sp³-hybridized carbons (Fsp3) is 0.182.